The average molecular weight is 324 g/mol. The van der Waals surface area contributed by atoms with Crippen LogP contribution in [0.25, 0.3) is 0 Å². The molecule has 0 fully saturated rings. The van der Waals surface area contributed by atoms with Crippen LogP contribution in [0.1, 0.15) is 28.5 Å². The molecular weight excluding hydrogens is 306 g/mol. The quantitative estimate of drug-likeness (QED) is 0.881. The van der Waals surface area contributed by atoms with E-state index in [1.807, 2.05) is 0 Å². The molecule has 3 heteroatoms. The van der Waals surface area contributed by atoms with E-state index in [-0.39, 0.29) is 5.54 Å². The lowest BCUT2D eigenvalue weighted by Crippen LogP contribution is -2.35. The Balaban J connectivity index is 2.26. The minimum Gasteiger partial charge on any atom is -0.321 e. The molecule has 18 heavy (non-hydrogen) atoms. The van der Waals surface area contributed by atoms with Crippen LogP contribution in [0.15, 0.2) is 34.1 Å². The zero-order valence-corrected chi connectivity index (χ0v) is 13.4. The first kappa shape index (κ1) is 13.8. The second-order valence-electron chi connectivity index (χ2n) is 5.10. The van der Waals surface area contributed by atoms with Gasteiger partial charge in [0.2, 0.25) is 0 Å². The van der Waals surface area contributed by atoms with Crippen LogP contribution in [0.5, 0.6) is 0 Å². The van der Waals surface area contributed by atoms with Crippen LogP contribution in [-0.2, 0) is 12.0 Å². The lowest BCUT2D eigenvalue weighted by molar-refractivity contribution is 0.495. The summed E-state index contributed by atoms with van der Waals surface area (Å²) in [5.41, 5.74) is 9.99. The zero-order chi connectivity index (χ0) is 13.3. The molecule has 0 aliphatic carbocycles. The molecule has 1 nitrogen and oxygen atoms in total. The third-order valence-corrected chi connectivity index (χ3v) is 4.96. The molecule has 2 N–H and O–H groups in total. The van der Waals surface area contributed by atoms with Gasteiger partial charge in [0.1, 0.15) is 0 Å². The molecule has 1 atom stereocenters. The molecule has 0 radical (unpaired) electrons. The third kappa shape index (κ3) is 3.02. The summed E-state index contributed by atoms with van der Waals surface area (Å²) in [6.07, 6.45) is 0.867. The van der Waals surface area contributed by atoms with Crippen LogP contribution in [0, 0.1) is 13.8 Å². The molecule has 0 saturated carbocycles. The first-order valence-corrected chi connectivity index (χ1v) is 7.60. The fraction of sp³-hybridized carbons (Fsp3) is 0.333. The number of halogens is 1. The maximum atomic E-state index is 6.49. The molecule has 0 saturated heterocycles. The van der Waals surface area contributed by atoms with E-state index in [2.05, 4.69) is 67.0 Å². The molecule has 96 valence electrons. The number of thiophene rings is 1. The second-order valence-corrected chi connectivity index (χ2v) is 7.65. The van der Waals surface area contributed by atoms with Gasteiger partial charge in [0.15, 0.2) is 0 Å². The van der Waals surface area contributed by atoms with E-state index in [1.54, 1.807) is 11.3 Å². The monoisotopic (exact) mass is 323 g/mol. The number of benzene rings is 1. The van der Waals surface area contributed by atoms with Crippen LogP contribution in [0.3, 0.4) is 0 Å². The van der Waals surface area contributed by atoms with Gasteiger partial charge in [0.05, 0.1) is 3.79 Å². The van der Waals surface area contributed by atoms with Crippen molar-refractivity contribution < 1.29 is 0 Å². The molecular formula is C15H18BrNS. The van der Waals surface area contributed by atoms with E-state index in [4.69, 9.17) is 5.73 Å². The summed E-state index contributed by atoms with van der Waals surface area (Å²) in [4.78, 5) is 1.31. The molecule has 1 unspecified atom stereocenters. The Morgan fingerprint density at radius 1 is 1.17 bits per heavy atom. The van der Waals surface area contributed by atoms with Crippen molar-refractivity contribution in [3.8, 4) is 0 Å². The second kappa shape index (κ2) is 5.16. The highest BCUT2D eigenvalue weighted by Crippen LogP contribution is 2.29. The summed E-state index contributed by atoms with van der Waals surface area (Å²) in [6, 6.07) is 10.7. The highest BCUT2D eigenvalue weighted by molar-refractivity contribution is 9.11. The van der Waals surface area contributed by atoms with E-state index in [1.165, 1.54) is 21.6 Å². The predicted octanol–water partition coefficient (Wildman–Crippen LogP) is 4.54. The Hall–Kier alpha value is -0.640. The van der Waals surface area contributed by atoms with Gasteiger partial charge in [0, 0.05) is 16.8 Å². The van der Waals surface area contributed by atoms with Gasteiger partial charge in [0.25, 0.3) is 0 Å². The van der Waals surface area contributed by atoms with Gasteiger partial charge >= 0.3 is 0 Å². The van der Waals surface area contributed by atoms with Crippen molar-refractivity contribution in [2.45, 2.75) is 32.7 Å². The Morgan fingerprint density at radius 3 is 2.44 bits per heavy atom. The van der Waals surface area contributed by atoms with Crippen LogP contribution >= 0.6 is 27.3 Å². The SMILES string of the molecule is Cc1ccc(C(C)(N)Cc2ccc(Br)s2)cc1C. The van der Waals surface area contributed by atoms with Crippen LogP contribution in [-0.4, -0.2) is 0 Å². The summed E-state index contributed by atoms with van der Waals surface area (Å²) in [7, 11) is 0. The maximum Gasteiger partial charge on any atom is 0.0701 e. The molecule has 0 spiro atoms. The standard InChI is InChI=1S/C15H18BrNS/c1-10-4-5-12(8-11(10)2)15(3,17)9-13-6-7-14(16)18-13/h4-8H,9,17H2,1-3H3. The Labute approximate surface area is 121 Å². The van der Waals surface area contributed by atoms with Crippen LogP contribution < -0.4 is 5.73 Å². The van der Waals surface area contributed by atoms with E-state index in [9.17, 15) is 0 Å². The van der Waals surface area contributed by atoms with Crippen molar-refractivity contribution in [2.24, 2.45) is 5.73 Å². The summed E-state index contributed by atoms with van der Waals surface area (Å²) >= 11 is 5.25. The first-order valence-electron chi connectivity index (χ1n) is 5.99. The normalized spacial score (nSPS) is 14.5. The number of hydrogen-bond acceptors (Lipinski definition) is 2. The van der Waals surface area contributed by atoms with Gasteiger partial charge in [-0.3, -0.25) is 0 Å². The zero-order valence-electron chi connectivity index (χ0n) is 11.0. The molecule has 1 aromatic carbocycles. The fourth-order valence-corrected chi connectivity index (χ4v) is 3.66. The highest BCUT2D eigenvalue weighted by Gasteiger charge is 2.22. The minimum absolute atomic E-state index is 0.317. The van der Waals surface area contributed by atoms with E-state index >= 15 is 0 Å². The maximum absolute atomic E-state index is 6.49. The van der Waals surface area contributed by atoms with Crippen molar-refractivity contribution >= 4 is 27.3 Å². The molecule has 0 aliphatic heterocycles. The van der Waals surface area contributed by atoms with Crippen molar-refractivity contribution in [3.05, 3.63) is 55.7 Å². The summed E-state index contributed by atoms with van der Waals surface area (Å²) < 4.78 is 1.16. The predicted molar refractivity (Wildman–Crippen MR) is 83.2 cm³/mol. The summed E-state index contributed by atoms with van der Waals surface area (Å²) in [5.74, 6) is 0. The van der Waals surface area contributed by atoms with Crippen LogP contribution in [0.4, 0.5) is 0 Å². The Kier molecular flexibility index (Phi) is 3.95. The van der Waals surface area contributed by atoms with Crippen molar-refractivity contribution in [1.82, 2.24) is 0 Å². The van der Waals surface area contributed by atoms with Crippen LogP contribution in [0.2, 0.25) is 0 Å². The molecule has 2 aromatic rings. The van der Waals surface area contributed by atoms with Gasteiger partial charge in [-0.2, -0.15) is 0 Å². The first-order chi connectivity index (χ1) is 8.38. The van der Waals surface area contributed by atoms with Gasteiger partial charge in [-0.1, -0.05) is 18.2 Å². The lowest BCUT2D eigenvalue weighted by Gasteiger charge is -2.25. The largest absolute Gasteiger partial charge is 0.321 e. The van der Waals surface area contributed by atoms with Gasteiger partial charge in [-0.05, 0) is 65.5 Å². The van der Waals surface area contributed by atoms with Gasteiger partial charge < -0.3 is 5.73 Å². The lowest BCUT2D eigenvalue weighted by atomic mass is 9.87. The van der Waals surface area contributed by atoms with Crippen molar-refractivity contribution in [3.63, 3.8) is 0 Å². The highest BCUT2D eigenvalue weighted by atomic mass is 79.9. The Bertz CT molecular complexity index is 557. The van der Waals surface area contributed by atoms with Gasteiger partial charge in [-0.15, -0.1) is 11.3 Å². The smallest absolute Gasteiger partial charge is 0.0701 e. The van der Waals surface area contributed by atoms with E-state index in [0.29, 0.717) is 0 Å². The van der Waals surface area contributed by atoms with Crippen molar-refractivity contribution in [2.75, 3.05) is 0 Å². The van der Waals surface area contributed by atoms with E-state index < -0.39 is 0 Å². The Morgan fingerprint density at radius 2 is 1.89 bits per heavy atom. The summed E-state index contributed by atoms with van der Waals surface area (Å²) in [6.45, 7) is 6.37. The minimum atomic E-state index is -0.317. The molecule has 2 rings (SSSR count). The molecule has 0 bridgehead atoms. The molecule has 0 aliphatic rings. The fourth-order valence-electron chi connectivity index (χ4n) is 2.01. The summed E-state index contributed by atoms with van der Waals surface area (Å²) in [5, 5.41) is 0. The molecule has 1 aromatic heterocycles. The average Bonchev–Trinajstić information content (AvgIpc) is 2.67. The van der Waals surface area contributed by atoms with Gasteiger partial charge in [-0.25, -0.2) is 0 Å². The number of aryl methyl sites for hydroxylation is 2. The number of nitrogens with two attached hydrogens (primary N) is 1. The molecule has 1 heterocycles. The molecule has 0 amide bonds. The van der Waals surface area contributed by atoms with Crippen molar-refractivity contribution in [1.29, 1.82) is 0 Å². The van der Waals surface area contributed by atoms with E-state index in [0.717, 1.165) is 10.2 Å². The number of rotatable bonds is 3. The number of hydrogen-bond donors (Lipinski definition) is 1. The third-order valence-electron chi connectivity index (χ3n) is 3.34. The topological polar surface area (TPSA) is 26.0 Å².